The second kappa shape index (κ2) is 8.81. The average Bonchev–Trinajstić information content (AvgIpc) is 3.50. The second-order valence-electron chi connectivity index (χ2n) is 7.82. The van der Waals surface area contributed by atoms with Crippen LogP contribution in [0.2, 0.25) is 0 Å². The Morgan fingerprint density at radius 2 is 1.66 bits per heavy atom. The van der Waals surface area contributed by atoms with E-state index in [0.29, 0.717) is 18.7 Å². The van der Waals surface area contributed by atoms with E-state index in [9.17, 15) is 9.59 Å². The molecule has 1 aromatic heterocycles. The summed E-state index contributed by atoms with van der Waals surface area (Å²) in [5.41, 5.74) is 5.96. The molecule has 0 aliphatic carbocycles. The van der Waals surface area contributed by atoms with Crippen molar-refractivity contribution in [1.82, 2.24) is 0 Å². The van der Waals surface area contributed by atoms with Crippen LogP contribution < -0.4 is 10.2 Å². The van der Waals surface area contributed by atoms with Crippen molar-refractivity contribution in [2.75, 3.05) is 16.8 Å². The molecule has 2 heterocycles. The van der Waals surface area contributed by atoms with E-state index in [1.807, 2.05) is 78.2 Å². The molecule has 0 unspecified atom stereocenters. The highest BCUT2D eigenvalue weighted by Crippen LogP contribution is 2.32. The van der Waals surface area contributed by atoms with E-state index < -0.39 is 0 Å². The van der Waals surface area contributed by atoms with Gasteiger partial charge in [-0.1, -0.05) is 66.7 Å². The maximum Gasteiger partial charge on any atom is 0.268 e. The summed E-state index contributed by atoms with van der Waals surface area (Å²) < 4.78 is 0. The molecule has 1 aliphatic heterocycles. The van der Waals surface area contributed by atoms with Gasteiger partial charge in [0.05, 0.1) is 11.3 Å². The number of amides is 2. The number of hydrogen-bond donors (Lipinski definition) is 1. The molecule has 0 spiro atoms. The zero-order chi connectivity index (χ0) is 21.9. The molecule has 0 radical (unpaired) electrons. The highest BCUT2D eigenvalue weighted by atomic mass is 32.1. The van der Waals surface area contributed by atoms with Gasteiger partial charge in [0.1, 0.15) is 0 Å². The Morgan fingerprint density at radius 3 is 2.41 bits per heavy atom. The average molecular weight is 439 g/mol. The standard InChI is InChI=1S/C27H22N2O2S/c30-26(17-19-8-10-21(11-9-19)20-5-2-1-3-6-20)28-23-13-12-22-14-15-29(24(22)18-23)27(31)25-7-4-16-32-25/h1-13,16,18H,14-15,17H2,(H,28,30). The monoisotopic (exact) mass is 438 g/mol. The summed E-state index contributed by atoms with van der Waals surface area (Å²) in [6, 6.07) is 27.8. The fourth-order valence-electron chi connectivity index (χ4n) is 4.04. The smallest absolute Gasteiger partial charge is 0.268 e. The number of thiophene rings is 1. The van der Waals surface area contributed by atoms with Crippen LogP contribution in [0.5, 0.6) is 0 Å². The Balaban J connectivity index is 1.26. The molecule has 32 heavy (non-hydrogen) atoms. The van der Waals surface area contributed by atoms with E-state index in [1.165, 1.54) is 11.3 Å². The molecular weight excluding hydrogens is 416 g/mol. The van der Waals surface area contributed by atoms with Gasteiger partial charge in [-0.15, -0.1) is 11.3 Å². The number of benzene rings is 3. The lowest BCUT2D eigenvalue weighted by molar-refractivity contribution is -0.115. The zero-order valence-corrected chi connectivity index (χ0v) is 18.3. The van der Waals surface area contributed by atoms with Crippen molar-refractivity contribution < 1.29 is 9.59 Å². The van der Waals surface area contributed by atoms with E-state index in [2.05, 4.69) is 17.4 Å². The van der Waals surface area contributed by atoms with Crippen LogP contribution in [0.25, 0.3) is 11.1 Å². The van der Waals surface area contributed by atoms with Crippen LogP contribution in [0, 0.1) is 0 Å². The highest BCUT2D eigenvalue weighted by Gasteiger charge is 2.26. The Kier molecular flexibility index (Phi) is 5.57. The molecule has 158 valence electrons. The van der Waals surface area contributed by atoms with Gasteiger partial charge in [-0.2, -0.15) is 0 Å². The quantitative estimate of drug-likeness (QED) is 0.428. The summed E-state index contributed by atoms with van der Waals surface area (Å²) in [5.74, 6) is -0.0627. The lowest BCUT2D eigenvalue weighted by atomic mass is 10.0. The molecule has 0 bridgehead atoms. The molecule has 1 aliphatic rings. The van der Waals surface area contributed by atoms with Crippen molar-refractivity contribution in [2.45, 2.75) is 12.8 Å². The van der Waals surface area contributed by atoms with Gasteiger partial charge in [0, 0.05) is 17.9 Å². The van der Waals surface area contributed by atoms with Gasteiger partial charge in [-0.25, -0.2) is 0 Å². The molecule has 0 atom stereocenters. The summed E-state index contributed by atoms with van der Waals surface area (Å²) in [7, 11) is 0. The van der Waals surface area contributed by atoms with Crippen LogP contribution in [0.15, 0.2) is 90.3 Å². The molecule has 5 heteroatoms. The third-order valence-electron chi connectivity index (χ3n) is 5.67. The molecule has 5 rings (SSSR count). The summed E-state index contributed by atoms with van der Waals surface area (Å²) in [6.07, 6.45) is 1.12. The van der Waals surface area contributed by atoms with Gasteiger partial charge in [0.25, 0.3) is 5.91 Å². The molecule has 0 saturated heterocycles. The molecule has 4 aromatic rings. The summed E-state index contributed by atoms with van der Waals surface area (Å²) in [5, 5.41) is 4.90. The van der Waals surface area contributed by atoms with Gasteiger partial charge in [0.15, 0.2) is 0 Å². The second-order valence-corrected chi connectivity index (χ2v) is 8.76. The fourth-order valence-corrected chi connectivity index (χ4v) is 4.71. The predicted octanol–water partition coefficient (Wildman–Crippen LogP) is 5.80. The summed E-state index contributed by atoms with van der Waals surface area (Å²) in [4.78, 5) is 28.0. The molecule has 3 aromatic carbocycles. The first-order chi connectivity index (χ1) is 15.7. The molecule has 2 amide bonds. The van der Waals surface area contributed by atoms with Gasteiger partial charge in [-0.05, 0) is 52.3 Å². The van der Waals surface area contributed by atoms with Crippen LogP contribution in [-0.4, -0.2) is 18.4 Å². The Labute approximate surface area is 191 Å². The minimum Gasteiger partial charge on any atom is -0.326 e. The Hall–Kier alpha value is -3.70. The van der Waals surface area contributed by atoms with Crippen LogP contribution in [0.4, 0.5) is 11.4 Å². The van der Waals surface area contributed by atoms with Crippen molar-refractivity contribution >= 4 is 34.5 Å². The number of nitrogens with zero attached hydrogens (tertiary/aromatic N) is 1. The lowest BCUT2D eigenvalue weighted by Gasteiger charge is -2.17. The number of hydrogen-bond acceptors (Lipinski definition) is 3. The lowest BCUT2D eigenvalue weighted by Crippen LogP contribution is -2.28. The van der Waals surface area contributed by atoms with E-state index in [-0.39, 0.29) is 11.8 Å². The van der Waals surface area contributed by atoms with Crippen LogP contribution in [0.1, 0.15) is 20.8 Å². The van der Waals surface area contributed by atoms with Gasteiger partial charge in [0.2, 0.25) is 5.91 Å². The van der Waals surface area contributed by atoms with E-state index in [1.54, 1.807) is 4.90 Å². The van der Waals surface area contributed by atoms with E-state index in [4.69, 9.17) is 0 Å². The van der Waals surface area contributed by atoms with Crippen molar-refractivity contribution in [1.29, 1.82) is 0 Å². The SMILES string of the molecule is O=C(Cc1ccc(-c2ccccc2)cc1)Nc1ccc2c(c1)N(C(=O)c1cccs1)CC2. The van der Waals surface area contributed by atoms with E-state index in [0.717, 1.165) is 39.2 Å². The first-order valence-electron chi connectivity index (χ1n) is 10.6. The molecule has 1 N–H and O–H groups in total. The molecule has 0 saturated carbocycles. The molecule has 4 nitrogen and oxygen atoms in total. The normalized spacial score (nSPS) is 12.4. The van der Waals surface area contributed by atoms with Gasteiger partial charge >= 0.3 is 0 Å². The van der Waals surface area contributed by atoms with Crippen molar-refractivity contribution in [3.05, 3.63) is 106 Å². The number of anilines is 2. The van der Waals surface area contributed by atoms with Gasteiger partial charge in [-0.3, -0.25) is 9.59 Å². The number of nitrogens with one attached hydrogen (secondary N) is 1. The molecular formula is C27H22N2O2S. The minimum atomic E-state index is -0.0773. The van der Waals surface area contributed by atoms with Crippen LogP contribution >= 0.6 is 11.3 Å². The maximum atomic E-state index is 12.8. The van der Waals surface area contributed by atoms with Crippen molar-refractivity contribution in [2.24, 2.45) is 0 Å². The van der Waals surface area contributed by atoms with Gasteiger partial charge < -0.3 is 10.2 Å². The maximum absolute atomic E-state index is 12.8. The Bertz CT molecular complexity index is 1250. The predicted molar refractivity (Wildman–Crippen MR) is 130 cm³/mol. The van der Waals surface area contributed by atoms with Crippen molar-refractivity contribution in [3.63, 3.8) is 0 Å². The molecule has 0 fully saturated rings. The van der Waals surface area contributed by atoms with E-state index >= 15 is 0 Å². The number of carbonyl (C=O) groups excluding carboxylic acids is 2. The number of carbonyl (C=O) groups is 2. The first-order valence-corrected chi connectivity index (χ1v) is 11.5. The zero-order valence-electron chi connectivity index (χ0n) is 17.5. The summed E-state index contributed by atoms with van der Waals surface area (Å²) in [6.45, 7) is 0.664. The largest absolute Gasteiger partial charge is 0.326 e. The highest BCUT2D eigenvalue weighted by molar-refractivity contribution is 7.12. The fraction of sp³-hybridized carbons (Fsp3) is 0.111. The topological polar surface area (TPSA) is 49.4 Å². The van der Waals surface area contributed by atoms with Crippen molar-refractivity contribution in [3.8, 4) is 11.1 Å². The Morgan fingerprint density at radius 1 is 0.875 bits per heavy atom. The third-order valence-corrected chi connectivity index (χ3v) is 6.53. The van der Waals surface area contributed by atoms with Crippen LogP contribution in [-0.2, 0) is 17.6 Å². The summed E-state index contributed by atoms with van der Waals surface area (Å²) >= 11 is 1.45. The third kappa shape index (κ3) is 4.20. The first kappa shape index (κ1) is 20.2. The number of rotatable bonds is 5. The minimum absolute atomic E-state index is 0.0146. The number of fused-ring (bicyclic) bond motifs is 1. The van der Waals surface area contributed by atoms with Crippen LogP contribution in [0.3, 0.4) is 0 Å².